The van der Waals surface area contributed by atoms with Crippen molar-refractivity contribution in [2.24, 2.45) is 5.73 Å². The molecule has 0 spiro atoms. The topological polar surface area (TPSA) is 132 Å². The van der Waals surface area contributed by atoms with Crippen LogP contribution in [0, 0.1) is 0 Å². The molecule has 10 heteroatoms. The molecule has 214 valence electrons. The highest BCUT2D eigenvalue weighted by molar-refractivity contribution is 6.34. The van der Waals surface area contributed by atoms with Crippen molar-refractivity contribution >= 4 is 41.1 Å². The van der Waals surface area contributed by atoms with Crippen LogP contribution in [-0.4, -0.2) is 27.5 Å². The van der Waals surface area contributed by atoms with Crippen LogP contribution in [0.25, 0.3) is 23.0 Å². The average Bonchev–Trinajstić information content (AvgIpc) is 3.68. The van der Waals surface area contributed by atoms with E-state index in [0.29, 0.717) is 47.1 Å². The summed E-state index contributed by atoms with van der Waals surface area (Å²) >= 11 is 6.22. The van der Waals surface area contributed by atoms with Gasteiger partial charge in [-0.3, -0.25) is 14.4 Å². The van der Waals surface area contributed by atoms with Gasteiger partial charge in [-0.05, 0) is 78.6 Å². The number of aryl methyl sites for hydroxylation is 1. The molecular weight excluding hydrogens is 566 g/mol. The van der Waals surface area contributed by atoms with Crippen LogP contribution in [-0.2, 0) is 24.2 Å². The molecular formula is C33H26ClN5O4. The highest BCUT2D eigenvalue weighted by Gasteiger charge is 2.28. The minimum Gasteiger partial charge on any atom is -0.467 e. The number of primary amides is 1. The summed E-state index contributed by atoms with van der Waals surface area (Å²) in [6, 6.07) is 23.5. The Kier molecular flexibility index (Phi) is 7.63. The molecule has 2 aromatic heterocycles. The maximum absolute atomic E-state index is 12.9. The second kappa shape index (κ2) is 11.8. The Morgan fingerprint density at radius 2 is 1.81 bits per heavy atom. The van der Waals surface area contributed by atoms with Gasteiger partial charge in [0.05, 0.1) is 34.8 Å². The van der Waals surface area contributed by atoms with Crippen molar-refractivity contribution in [2.75, 3.05) is 5.32 Å². The zero-order chi connectivity index (χ0) is 29.9. The Labute approximate surface area is 252 Å². The number of hydrogen-bond donors (Lipinski definition) is 3. The summed E-state index contributed by atoms with van der Waals surface area (Å²) in [6.45, 7) is 0.300. The first kappa shape index (κ1) is 27.7. The van der Waals surface area contributed by atoms with E-state index in [-0.39, 0.29) is 17.5 Å². The zero-order valence-electron chi connectivity index (χ0n) is 22.8. The lowest BCUT2D eigenvalue weighted by molar-refractivity contribution is -0.116. The van der Waals surface area contributed by atoms with E-state index in [2.05, 4.69) is 15.7 Å². The lowest BCUT2D eigenvalue weighted by Gasteiger charge is -2.20. The van der Waals surface area contributed by atoms with Gasteiger partial charge in [-0.15, -0.1) is 0 Å². The number of fused-ring (bicyclic) bond motifs is 3. The summed E-state index contributed by atoms with van der Waals surface area (Å²) in [7, 11) is 0. The fraction of sp³-hybridized carbons (Fsp3) is 0.0909. The molecule has 9 nitrogen and oxygen atoms in total. The number of aromatic nitrogens is 2. The molecule has 5 aromatic rings. The maximum Gasteiger partial charge on any atom is 0.269 e. The third kappa shape index (κ3) is 5.84. The normalized spacial score (nSPS) is 12.0. The van der Waals surface area contributed by atoms with E-state index in [1.54, 1.807) is 53.4 Å². The van der Waals surface area contributed by atoms with E-state index in [1.165, 1.54) is 6.08 Å². The standard InChI is InChI=1S/C33H26ClN5O4/c34-28-6-2-1-5-25(28)33(42)37-22-12-10-21-11-15-26-30(32(35)41)38-39(31(26)27(21)18-22)23-13-7-20(8-14-23)9-16-29(40)36-19-24-4-3-17-43-24/h1-10,12-14,16-18H,11,15,19H2,(H2,35,41)(H,36,40)(H,37,42)/b16-9+. The van der Waals surface area contributed by atoms with Crippen molar-refractivity contribution in [1.29, 1.82) is 0 Å². The summed E-state index contributed by atoms with van der Waals surface area (Å²) in [5, 5.41) is 10.7. The van der Waals surface area contributed by atoms with Crippen LogP contribution >= 0.6 is 11.6 Å². The van der Waals surface area contributed by atoms with Crippen molar-refractivity contribution in [1.82, 2.24) is 15.1 Å². The van der Waals surface area contributed by atoms with Gasteiger partial charge in [0.1, 0.15) is 5.76 Å². The van der Waals surface area contributed by atoms with Gasteiger partial charge >= 0.3 is 0 Å². The summed E-state index contributed by atoms with van der Waals surface area (Å²) in [4.78, 5) is 37.5. The van der Waals surface area contributed by atoms with E-state index in [1.807, 2.05) is 42.5 Å². The van der Waals surface area contributed by atoms with Gasteiger partial charge in [0.25, 0.3) is 11.8 Å². The molecule has 0 saturated carbocycles. The van der Waals surface area contributed by atoms with Crippen LogP contribution in [0.3, 0.4) is 0 Å². The number of anilines is 1. The molecule has 0 radical (unpaired) electrons. The van der Waals surface area contributed by atoms with Crippen LogP contribution in [0.1, 0.15) is 43.3 Å². The molecule has 0 saturated heterocycles. The second-order valence-corrected chi connectivity index (χ2v) is 10.4. The summed E-state index contributed by atoms with van der Waals surface area (Å²) in [5.74, 6) is -0.518. The zero-order valence-corrected chi connectivity index (χ0v) is 23.6. The van der Waals surface area contributed by atoms with Gasteiger partial charge in [0.15, 0.2) is 5.69 Å². The average molecular weight is 592 g/mol. The van der Waals surface area contributed by atoms with Crippen LogP contribution in [0.15, 0.2) is 95.6 Å². The largest absolute Gasteiger partial charge is 0.467 e. The van der Waals surface area contributed by atoms with Crippen molar-refractivity contribution in [3.63, 3.8) is 0 Å². The van der Waals surface area contributed by atoms with E-state index in [0.717, 1.165) is 27.9 Å². The lowest BCUT2D eigenvalue weighted by atomic mass is 9.88. The minimum atomic E-state index is -0.609. The fourth-order valence-corrected chi connectivity index (χ4v) is 5.31. The number of hydrogen-bond acceptors (Lipinski definition) is 5. The quantitative estimate of drug-likeness (QED) is 0.203. The molecule has 1 aliphatic carbocycles. The van der Waals surface area contributed by atoms with Gasteiger partial charge in [-0.1, -0.05) is 41.9 Å². The van der Waals surface area contributed by atoms with Crippen LogP contribution in [0.2, 0.25) is 5.02 Å². The number of nitrogens with one attached hydrogen (secondary N) is 2. The molecule has 3 aromatic carbocycles. The molecule has 1 aliphatic rings. The second-order valence-electron chi connectivity index (χ2n) is 9.98. The van der Waals surface area contributed by atoms with E-state index >= 15 is 0 Å². The molecule has 6 rings (SSSR count). The van der Waals surface area contributed by atoms with Crippen molar-refractivity contribution in [3.8, 4) is 16.9 Å². The maximum atomic E-state index is 12.9. The highest BCUT2D eigenvalue weighted by Crippen LogP contribution is 2.38. The monoisotopic (exact) mass is 591 g/mol. The molecule has 0 fully saturated rings. The number of halogens is 1. The summed E-state index contributed by atoms with van der Waals surface area (Å²) < 4.78 is 6.93. The number of furan rings is 1. The van der Waals surface area contributed by atoms with Crippen LogP contribution < -0.4 is 16.4 Å². The molecule has 2 heterocycles. The molecule has 43 heavy (non-hydrogen) atoms. The number of carbonyl (C=O) groups excluding carboxylic acids is 3. The van der Waals surface area contributed by atoms with Gasteiger partial charge in [-0.2, -0.15) is 5.10 Å². The van der Waals surface area contributed by atoms with Gasteiger partial charge in [-0.25, -0.2) is 4.68 Å². The number of nitrogens with two attached hydrogens (primary N) is 1. The van der Waals surface area contributed by atoms with Crippen molar-refractivity contribution in [2.45, 2.75) is 19.4 Å². The first-order chi connectivity index (χ1) is 20.9. The Morgan fingerprint density at radius 3 is 2.56 bits per heavy atom. The van der Waals surface area contributed by atoms with Crippen molar-refractivity contribution < 1.29 is 18.8 Å². The highest BCUT2D eigenvalue weighted by atomic mass is 35.5. The molecule has 0 unspecified atom stereocenters. The van der Waals surface area contributed by atoms with Crippen LogP contribution in [0.4, 0.5) is 5.69 Å². The molecule has 0 aliphatic heterocycles. The smallest absolute Gasteiger partial charge is 0.269 e. The van der Waals surface area contributed by atoms with E-state index in [9.17, 15) is 14.4 Å². The Morgan fingerprint density at radius 1 is 1.00 bits per heavy atom. The van der Waals surface area contributed by atoms with Gasteiger partial charge in [0.2, 0.25) is 5.91 Å². The minimum absolute atomic E-state index is 0.211. The number of nitrogens with zero attached hydrogens (tertiary/aromatic N) is 2. The van der Waals surface area contributed by atoms with Gasteiger partial charge < -0.3 is 20.8 Å². The third-order valence-electron chi connectivity index (χ3n) is 7.18. The Hall–Kier alpha value is -5.41. The SMILES string of the molecule is NC(=O)c1nn(-c2ccc(/C=C/C(=O)NCc3ccco3)cc2)c2c1CCc1ccc(NC(=O)c3ccccc3Cl)cc1-2. The van der Waals surface area contributed by atoms with E-state index in [4.69, 9.17) is 21.8 Å². The predicted octanol–water partition coefficient (Wildman–Crippen LogP) is 5.57. The predicted molar refractivity (Wildman–Crippen MR) is 164 cm³/mol. The molecule has 0 atom stereocenters. The summed E-state index contributed by atoms with van der Waals surface area (Å²) in [5.41, 5.74) is 11.8. The third-order valence-corrected chi connectivity index (χ3v) is 7.51. The molecule has 3 amide bonds. The first-order valence-electron chi connectivity index (χ1n) is 13.6. The van der Waals surface area contributed by atoms with E-state index < -0.39 is 5.91 Å². The molecule has 4 N–H and O–H groups in total. The first-order valence-corrected chi connectivity index (χ1v) is 13.9. The fourth-order valence-electron chi connectivity index (χ4n) is 5.09. The Bertz CT molecular complexity index is 1870. The number of amides is 3. The van der Waals surface area contributed by atoms with Gasteiger partial charge in [0, 0.05) is 22.9 Å². The number of rotatable bonds is 8. The number of benzene rings is 3. The number of carbonyl (C=O) groups is 3. The molecule has 0 bridgehead atoms. The van der Waals surface area contributed by atoms with Crippen molar-refractivity contribution in [3.05, 3.63) is 130 Å². The lowest BCUT2D eigenvalue weighted by Crippen LogP contribution is -2.19. The Balaban J connectivity index is 1.28. The van der Waals surface area contributed by atoms with Crippen LogP contribution in [0.5, 0.6) is 0 Å². The summed E-state index contributed by atoms with van der Waals surface area (Å²) in [6.07, 6.45) is 6.00.